The quantitative estimate of drug-likeness (QED) is 0.223. The van der Waals surface area contributed by atoms with Crippen LogP contribution in [0, 0.1) is 18.6 Å². The first kappa shape index (κ1) is 28.4. The van der Waals surface area contributed by atoms with Gasteiger partial charge in [-0.05, 0) is 49.1 Å². The average molecular weight is 600 g/mol. The molecule has 228 valence electrons. The molecule has 9 nitrogen and oxygen atoms in total. The Labute approximate surface area is 254 Å². The molecule has 1 saturated carbocycles. The highest BCUT2D eigenvalue weighted by Crippen LogP contribution is 2.40. The number of aryl methyl sites for hydroxylation is 1. The molecule has 2 aromatic carbocycles. The number of benzene rings is 2. The number of anilines is 2. The number of morpholine rings is 1. The van der Waals surface area contributed by atoms with Crippen molar-refractivity contribution < 1.29 is 18.3 Å². The maximum Gasteiger partial charge on any atom is 0.161 e. The van der Waals surface area contributed by atoms with Crippen LogP contribution in [0.2, 0.25) is 0 Å². The number of halogens is 2. The van der Waals surface area contributed by atoms with Crippen molar-refractivity contribution in [1.82, 2.24) is 29.3 Å². The van der Waals surface area contributed by atoms with Gasteiger partial charge < -0.3 is 14.8 Å². The van der Waals surface area contributed by atoms with Crippen LogP contribution in [0.1, 0.15) is 52.5 Å². The third-order valence-corrected chi connectivity index (χ3v) is 8.37. The van der Waals surface area contributed by atoms with Crippen LogP contribution < -0.4 is 10.1 Å². The zero-order valence-electron chi connectivity index (χ0n) is 24.9. The van der Waals surface area contributed by atoms with E-state index in [1.165, 1.54) is 12.1 Å². The van der Waals surface area contributed by atoms with E-state index in [2.05, 4.69) is 16.3 Å². The van der Waals surface area contributed by atoms with Gasteiger partial charge in [-0.2, -0.15) is 10.2 Å². The van der Waals surface area contributed by atoms with Crippen molar-refractivity contribution in [1.29, 1.82) is 0 Å². The fourth-order valence-corrected chi connectivity index (χ4v) is 5.73. The van der Waals surface area contributed by atoms with Gasteiger partial charge in [-0.25, -0.2) is 23.0 Å². The number of ether oxygens (including phenoxy) is 2. The predicted octanol–water partition coefficient (Wildman–Crippen LogP) is 5.61. The van der Waals surface area contributed by atoms with E-state index in [4.69, 9.17) is 24.7 Å². The second kappa shape index (κ2) is 12.0. The molecule has 1 N–H and O–H groups in total. The van der Waals surface area contributed by atoms with Crippen LogP contribution in [0.4, 0.5) is 20.4 Å². The van der Waals surface area contributed by atoms with Gasteiger partial charge in [0.15, 0.2) is 5.65 Å². The zero-order valence-corrected chi connectivity index (χ0v) is 24.9. The summed E-state index contributed by atoms with van der Waals surface area (Å²) in [6, 6.07) is 15.8. The molecule has 0 unspecified atom stereocenters. The highest BCUT2D eigenvalue weighted by atomic mass is 19.1. The lowest BCUT2D eigenvalue weighted by molar-refractivity contribution is 0.0334. The number of aromatic nitrogens is 5. The number of methoxy groups -OCH3 is 1. The Kier molecular flexibility index (Phi) is 7.73. The number of fused-ring (bicyclic) bond motifs is 1. The van der Waals surface area contributed by atoms with Gasteiger partial charge in [0.2, 0.25) is 0 Å². The molecule has 3 aromatic heterocycles. The summed E-state index contributed by atoms with van der Waals surface area (Å²) >= 11 is 0. The van der Waals surface area contributed by atoms with Gasteiger partial charge in [0.25, 0.3) is 0 Å². The summed E-state index contributed by atoms with van der Waals surface area (Å²) in [7, 11) is 1.66. The molecule has 11 heteroatoms. The van der Waals surface area contributed by atoms with Crippen molar-refractivity contribution >= 4 is 17.3 Å². The highest BCUT2D eigenvalue weighted by Gasteiger charge is 2.28. The first-order chi connectivity index (χ1) is 21.4. The van der Waals surface area contributed by atoms with E-state index < -0.39 is 11.6 Å². The van der Waals surface area contributed by atoms with Crippen molar-refractivity contribution in [2.75, 3.05) is 38.7 Å². The lowest BCUT2D eigenvalue weighted by Crippen LogP contribution is -2.36. The van der Waals surface area contributed by atoms with Crippen LogP contribution in [0.3, 0.4) is 0 Å². The van der Waals surface area contributed by atoms with Crippen LogP contribution in [0.15, 0.2) is 54.6 Å². The molecule has 1 aliphatic heterocycles. The van der Waals surface area contributed by atoms with Crippen LogP contribution in [0.25, 0.3) is 5.65 Å². The minimum absolute atomic E-state index is 0.246. The minimum atomic E-state index is -0.600. The zero-order chi connectivity index (χ0) is 30.2. The van der Waals surface area contributed by atoms with E-state index in [1.807, 2.05) is 46.5 Å². The Balaban J connectivity index is 1.27. The Morgan fingerprint density at radius 2 is 1.77 bits per heavy atom. The molecule has 4 heterocycles. The molecular weight excluding hydrogens is 564 g/mol. The molecular formula is C33H35F2N7O2. The summed E-state index contributed by atoms with van der Waals surface area (Å²) in [4.78, 5) is 7.35. The van der Waals surface area contributed by atoms with Gasteiger partial charge in [-0.3, -0.25) is 4.90 Å². The Morgan fingerprint density at radius 1 is 0.977 bits per heavy atom. The SMILES string of the molecule is COc1ccc(Cn2nc(C3CC3)cc2Nc2cc(CN3CCOCC3)n3nc(C)c(Cc4ccc(F)cc4F)c3n2)cc1. The molecule has 1 saturated heterocycles. The number of rotatable bonds is 10. The fourth-order valence-electron chi connectivity index (χ4n) is 5.73. The van der Waals surface area contributed by atoms with E-state index >= 15 is 0 Å². The molecule has 44 heavy (non-hydrogen) atoms. The Morgan fingerprint density at radius 3 is 2.50 bits per heavy atom. The predicted molar refractivity (Wildman–Crippen MR) is 163 cm³/mol. The van der Waals surface area contributed by atoms with Crippen molar-refractivity contribution in [3.63, 3.8) is 0 Å². The summed E-state index contributed by atoms with van der Waals surface area (Å²) in [5, 5.41) is 13.4. The molecule has 0 atom stereocenters. The van der Waals surface area contributed by atoms with Crippen LogP contribution in [-0.2, 0) is 24.2 Å². The van der Waals surface area contributed by atoms with Gasteiger partial charge in [0, 0.05) is 55.7 Å². The van der Waals surface area contributed by atoms with E-state index in [0.29, 0.717) is 49.2 Å². The largest absolute Gasteiger partial charge is 0.497 e. The van der Waals surface area contributed by atoms with E-state index in [9.17, 15) is 8.78 Å². The minimum Gasteiger partial charge on any atom is -0.497 e. The first-order valence-corrected chi connectivity index (χ1v) is 15.0. The normalized spacial score (nSPS) is 15.6. The monoisotopic (exact) mass is 599 g/mol. The Hall–Kier alpha value is -4.35. The molecule has 2 aliphatic rings. The second-order valence-corrected chi connectivity index (χ2v) is 11.6. The summed E-state index contributed by atoms with van der Waals surface area (Å²) < 4.78 is 43.1. The molecule has 0 amide bonds. The smallest absolute Gasteiger partial charge is 0.161 e. The molecule has 5 aromatic rings. The van der Waals surface area contributed by atoms with Crippen LogP contribution >= 0.6 is 0 Å². The molecule has 0 spiro atoms. The maximum atomic E-state index is 14.7. The summed E-state index contributed by atoms with van der Waals surface area (Å²) in [6.45, 7) is 6.15. The average Bonchev–Trinajstić information content (AvgIpc) is 3.73. The highest BCUT2D eigenvalue weighted by molar-refractivity contribution is 5.61. The summed E-state index contributed by atoms with van der Waals surface area (Å²) in [5.74, 6) is 1.61. The third-order valence-electron chi connectivity index (χ3n) is 8.37. The van der Waals surface area contributed by atoms with Gasteiger partial charge in [0.05, 0.1) is 44.0 Å². The standard InChI is InChI=1S/C33H35F2N7O2/c1-21-28(15-24-7-8-25(34)16-29(24)35)33-37-31(17-26(42(33)38-21)20-40-11-13-44-14-12-40)36-32-18-30(23-5-6-23)39-41(32)19-22-3-9-27(43-2)10-4-22/h3-4,7-10,16-18,23H,5-6,11-15,19-20H2,1-2H3,(H,36,37). The van der Waals surface area contributed by atoms with Crippen molar-refractivity contribution in [2.24, 2.45) is 0 Å². The van der Waals surface area contributed by atoms with E-state index in [0.717, 1.165) is 71.8 Å². The summed E-state index contributed by atoms with van der Waals surface area (Å²) in [5.41, 5.74) is 5.72. The van der Waals surface area contributed by atoms with Gasteiger partial charge in [-0.15, -0.1) is 0 Å². The number of nitrogens with zero attached hydrogens (tertiary/aromatic N) is 6. The molecule has 0 radical (unpaired) electrons. The summed E-state index contributed by atoms with van der Waals surface area (Å²) in [6.07, 6.45) is 2.53. The molecule has 7 rings (SSSR count). The molecule has 2 fully saturated rings. The number of nitrogens with one attached hydrogen (secondary N) is 1. The van der Waals surface area contributed by atoms with Gasteiger partial charge in [-0.1, -0.05) is 18.2 Å². The van der Waals surface area contributed by atoms with Gasteiger partial charge >= 0.3 is 0 Å². The number of hydrogen-bond acceptors (Lipinski definition) is 7. The van der Waals surface area contributed by atoms with Crippen molar-refractivity contribution in [3.8, 4) is 5.75 Å². The second-order valence-electron chi connectivity index (χ2n) is 11.6. The van der Waals surface area contributed by atoms with Crippen LogP contribution in [-0.4, -0.2) is 62.7 Å². The van der Waals surface area contributed by atoms with E-state index in [-0.39, 0.29) is 6.42 Å². The third kappa shape index (κ3) is 6.02. The maximum absolute atomic E-state index is 14.7. The van der Waals surface area contributed by atoms with E-state index in [1.54, 1.807) is 7.11 Å². The van der Waals surface area contributed by atoms with Gasteiger partial charge in [0.1, 0.15) is 29.0 Å². The lowest BCUT2D eigenvalue weighted by atomic mass is 10.0. The lowest BCUT2D eigenvalue weighted by Gasteiger charge is -2.26. The van der Waals surface area contributed by atoms with Crippen molar-refractivity contribution in [3.05, 3.63) is 100 Å². The molecule has 1 aliphatic carbocycles. The first-order valence-electron chi connectivity index (χ1n) is 15.0. The fraction of sp³-hybridized carbons (Fsp3) is 0.364. The van der Waals surface area contributed by atoms with Crippen LogP contribution in [0.5, 0.6) is 5.75 Å². The number of hydrogen-bond donors (Lipinski definition) is 1. The Bertz CT molecular complexity index is 1790. The topological polar surface area (TPSA) is 81.7 Å². The molecule has 0 bridgehead atoms. The van der Waals surface area contributed by atoms with Crippen molar-refractivity contribution in [2.45, 2.75) is 45.2 Å².